The summed E-state index contributed by atoms with van der Waals surface area (Å²) in [6.45, 7) is 2.07. The van der Waals surface area contributed by atoms with Crippen molar-refractivity contribution in [3.8, 4) is 5.75 Å². The minimum absolute atomic E-state index is 0.928. The normalized spacial score (nSPS) is 10.1. The quantitative estimate of drug-likeness (QED) is 0.729. The average molecular weight is 196 g/mol. The van der Waals surface area contributed by atoms with Crippen molar-refractivity contribution >= 4 is 12.6 Å². The second kappa shape index (κ2) is 5.18. The number of aryl methyl sites for hydroxylation is 2. The Morgan fingerprint density at radius 3 is 2.77 bits per heavy atom. The summed E-state index contributed by atoms with van der Waals surface area (Å²) in [4.78, 5) is 0. The van der Waals surface area contributed by atoms with Crippen molar-refractivity contribution in [2.24, 2.45) is 0 Å². The fourth-order valence-corrected chi connectivity index (χ4v) is 1.63. The number of thiol groups is 1. The SMILES string of the molecule is COc1c(C)cccc1CCCS. The molecule has 0 saturated heterocycles. The molecule has 0 radical (unpaired) electrons. The molecule has 0 heterocycles. The zero-order chi connectivity index (χ0) is 9.68. The third-order valence-corrected chi connectivity index (χ3v) is 2.42. The minimum Gasteiger partial charge on any atom is -0.496 e. The predicted molar refractivity (Wildman–Crippen MR) is 59.9 cm³/mol. The van der Waals surface area contributed by atoms with Crippen LogP contribution in [-0.2, 0) is 6.42 Å². The van der Waals surface area contributed by atoms with Crippen molar-refractivity contribution in [2.75, 3.05) is 12.9 Å². The van der Waals surface area contributed by atoms with Gasteiger partial charge in [0.2, 0.25) is 0 Å². The second-order valence-corrected chi connectivity index (χ2v) is 3.54. The van der Waals surface area contributed by atoms with Gasteiger partial charge in [0, 0.05) is 0 Å². The number of hydrogen-bond acceptors (Lipinski definition) is 2. The summed E-state index contributed by atoms with van der Waals surface area (Å²) in [7, 11) is 1.73. The van der Waals surface area contributed by atoms with Crippen LogP contribution in [0.2, 0.25) is 0 Å². The van der Waals surface area contributed by atoms with Crippen molar-refractivity contribution in [2.45, 2.75) is 19.8 Å². The Bertz CT molecular complexity index is 271. The van der Waals surface area contributed by atoms with E-state index in [1.165, 1.54) is 11.1 Å². The van der Waals surface area contributed by atoms with E-state index in [0.29, 0.717) is 0 Å². The van der Waals surface area contributed by atoms with Gasteiger partial charge in [0.05, 0.1) is 7.11 Å². The maximum Gasteiger partial charge on any atom is 0.124 e. The van der Waals surface area contributed by atoms with Crippen LogP contribution in [-0.4, -0.2) is 12.9 Å². The van der Waals surface area contributed by atoms with Crippen LogP contribution < -0.4 is 4.74 Å². The number of ether oxygens (including phenoxy) is 1. The molecule has 0 saturated carbocycles. The Hall–Kier alpha value is -0.630. The summed E-state index contributed by atoms with van der Waals surface area (Å²) in [5, 5.41) is 0. The van der Waals surface area contributed by atoms with Crippen molar-refractivity contribution < 1.29 is 4.74 Å². The molecular formula is C11H16OS. The van der Waals surface area contributed by atoms with Crippen LogP contribution in [0.5, 0.6) is 5.75 Å². The molecule has 1 nitrogen and oxygen atoms in total. The summed E-state index contributed by atoms with van der Waals surface area (Å²) in [5.74, 6) is 1.96. The molecule has 0 aromatic heterocycles. The molecule has 0 aliphatic rings. The number of rotatable bonds is 4. The highest BCUT2D eigenvalue weighted by molar-refractivity contribution is 7.80. The molecule has 0 spiro atoms. The van der Waals surface area contributed by atoms with Gasteiger partial charge >= 0.3 is 0 Å². The Labute approximate surface area is 85.5 Å². The molecule has 0 fully saturated rings. The smallest absolute Gasteiger partial charge is 0.124 e. The van der Waals surface area contributed by atoms with Gasteiger partial charge in [-0.3, -0.25) is 0 Å². The Morgan fingerprint density at radius 1 is 1.38 bits per heavy atom. The van der Waals surface area contributed by atoms with Gasteiger partial charge in [0.1, 0.15) is 5.75 Å². The number of hydrogen-bond donors (Lipinski definition) is 1. The fraction of sp³-hybridized carbons (Fsp3) is 0.455. The van der Waals surface area contributed by atoms with Gasteiger partial charge < -0.3 is 4.74 Å². The molecule has 0 aliphatic heterocycles. The molecule has 72 valence electrons. The molecule has 2 heteroatoms. The van der Waals surface area contributed by atoms with Crippen molar-refractivity contribution in [1.82, 2.24) is 0 Å². The molecule has 0 atom stereocenters. The van der Waals surface area contributed by atoms with E-state index in [4.69, 9.17) is 4.74 Å². The fourth-order valence-electron chi connectivity index (χ4n) is 1.47. The molecule has 1 aromatic carbocycles. The maximum absolute atomic E-state index is 5.35. The molecule has 0 amide bonds. The first kappa shape index (κ1) is 10.5. The maximum atomic E-state index is 5.35. The van der Waals surface area contributed by atoms with Crippen LogP contribution >= 0.6 is 12.6 Å². The summed E-state index contributed by atoms with van der Waals surface area (Å²) < 4.78 is 5.35. The molecule has 0 aliphatic carbocycles. The highest BCUT2D eigenvalue weighted by atomic mass is 32.1. The van der Waals surface area contributed by atoms with E-state index >= 15 is 0 Å². The lowest BCUT2D eigenvalue weighted by atomic mass is 10.1. The highest BCUT2D eigenvalue weighted by Gasteiger charge is 2.04. The zero-order valence-electron chi connectivity index (χ0n) is 8.21. The first-order valence-corrected chi connectivity index (χ1v) is 5.16. The van der Waals surface area contributed by atoms with Crippen LogP contribution in [0.4, 0.5) is 0 Å². The Morgan fingerprint density at radius 2 is 2.15 bits per heavy atom. The van der Waals surface area contributed by atoms with Gasteiger partial charge in [-0.25, -0.2) is 0 Å². The van der Waals surface area contributed by atoms with Crippen molar-refractivity contribution in [1.29, 1.82) is 0 Å². The molecule has 0 N–H and O–H groups in total. The van der Waals surface area contributed by atoms with Gasteiger partial charge in [-0.2, -0.15) is 12.6 Å². The predicted octanol–water partition coefficient (Wildman–Crippen LogP) is 2.87. The van der Waals surface area contributed by atoms with E-state index in [2.05, 4.69) is 37.8 Å². The van der Waals surface area contributed by atoms with Gasteiger partial charge in [-0.15, -0.1) is 0 Å². The molecule has 0 bridgehead atoms. The molecule has 0 unspecified atom stereocenters. The lowest BCUT2D eigenvalue weighted by Gasteiger charge is -2.10. The van der Waals surface area contributed by atoms with Gasteiger partial charge in [0.25, 0.3) is 0 Å². The lowest BCUT2D eigenvalue weighted by Crippen LogP contribution is -1.95. The van der Waals surface area contributed by atoms with E-state index in [0.717, 1.165) is 24.3 Å². The molecule has 1 aromatic rings. The highest BCUT2D eigenvalue weighted by Crippen LogP contribution is 2.23. The Balaban J connectivity index is 2.85. The third-order valence-electron chi connectivity index (χ3n) is 2.10. The van der Waals surface area contributed by atoms with Crippen LogP contribution in [0, 0.1) is 6.92 Å². The number of benzene rings is 1. The second-order valence-electron chi connectivity index (χ2n) is 3.09. The molecule has 1 rings (SSSR count). The largest absolute Gasteiger partial charge is 0.496 e. The first-order valence-electron chi connectivity index (χ1n) is 4.53. The number of para-hydroxylation sites is 1. The summed E-state index contributed by atoms with van der Waals surface area (Å²) in [6, 6.07) is 6.27. The van der Waals surface area contributed by atoms with Gasteiger partial charge in [0.15, 0.2) is 0 Å². The van der Waals surface area contributed by atoms with Gasteiger partial charge in [-0.05, 0) is 36.6 Å². The number of methoxy groups -OCH3 is 1. The van der Waals surface area contributed by atoms with Crippen LogP contribution in [0.25, 0.3) is 0 Å². The summed E-state index contributed by atoms with van der Waals surface area (Å²) >= 11 is 4.20. The van der Waals surface area contributed by atoms with E-state index < -0.39 is 0 Å². The summed E-state index contributed by atoms with van der Waals surface area (Å²) in [6.07, 6.45) is 2.15. The first-order chi connectivity index (χ1) is 6.29. The van der Waals surface area contributed by atoms with Crippen LogP contribution in [0.1, 0.15) is 17.5 Å². The zero-order valence-corrected chi connectivity index (χ0v) is 9.10. The van der Waals surface area contributed by atoms with E-state index in [1.807, 2.05) is 0 Å². The van der Waals surface area contributed by atoms with Gasteiger partial charge in [-0.1, -0.05) is 18.2 Å². The lowest BCUT2D eigenvalue weighted by molar-refractivity contribution is 0.406. The average Bonchev–Trinajstić information content (AvgIpc) is 2.15. The monoisotopic (exact) mass is 196 g/mol. The van der Waals surface area contributed by atoms with E-state index in [-0.39, 0.29) is 0 Å². The standard InChI is InChI=1S/C11H16OS/c1-9-5-3-6-10(7-4-8-13)11(9)12-2/h3,5-6,13H,4,7-8H2,1-2H3. The van der Waals surface area contributed by atoms with Crippen LogP contribution in [0.3, 0.4) is 0 Å². The van der Waals surface area contributed by atoms with Crippen molar-refractivity contribution in [3.05, 3.63) is 29.3 Å². The summed E-state index contributed by atoms with van der Waals surface area (Å²) in [5.41, 5.74) is 2.50. The third kappa shape index (κ3) is 2.66. The topological polar surface area (TPSA) is 9.23 Å². The van der Waals surface area contributed by atoms with E-state index in [9.17, 15) is 0 Å². The Kier molecular flexibility index (Phi) is 4.16. The molecular weight excluding hydrogens is 180 g/mol. The minimum atomic E-state index is 0.928. The van der Waals surface area contributed by atoms with Crippen molar-refractivity contribution in [3.63, 3.8) is 0 Å². The van der Waals surface area contributed by atoms with E-state index in [1.54, 1.807) is 7.11 Å². The van der Waals surface area contributed by atoms with Crippen LogP contribution in [0.15, 0.2) is 18.2 Å². The molecule has 13 heavy (non-hydrogen) atoms.